The molecular formula is C24H19BrN2O. The Hall–Kier alpha value is -2.98. The van der Waals surface area contributed by atoms with Gasteiger partial charge in [0, 0.05) is 22.0 Å². The van der Waals surface area contributed by atoms with Gasteiger partial charge in [-0.1, -0.05) is 82.7 Å². The number of nitrogens with one attached hydrogen (secondary N) is 1. The molecule has 3 aromatic carbocycles. The Morgan fingerprint density at radius 1 is 0.929 bits per heavy atom. The summed E-state index contributed by atoms with van der Waals surface area (Å²) in [7, 11) is 0. The van der Waals surface area contributed by atoms with Crippen molar-refractivity contribution in [1.29, 1.82) is 0 Å². The molecule has 0 atom stereocenters. The first-order chi connectivity index (χ1) is 13.6. The first-order valence-corrected chi connectivity index (χ1v) is 9.91. The Bertz CT molecular complexity index is 1160. The number of aryl methyl sites for hydroxylation is 1. The van der Waals surface area contributed by atoms with Gasteiger partial charge < -0.3 is 5.32 Å². The zero-order valence-corrected chi connectivity index (χ0v) is 17.0. The van der Waals surface area contributed by atoms with E-state index in [2.05, 4.69) is 26.2 Å². The van der Waals surface area contributed by atoms with Gasteiger partial charge in [-0.3, -0.25) is 9.78 Å². The van der Waals surface area contributed by atoms with Crippen molar-refractivity contribution in [2.24, 2.45) is 0 Å². The van der Waals surface area contributed by atoms with E-state index in [0.717, 1.165) is 37.8 Å². The van der Waals surface area contributed by atoms with Gasteiger partial charge in [0.1, 0.15) is 0 Å². The van der Waals surface area contributed by atoms with E-state index in [1.165, 1.54) is 0 Å². The van der Waals surface area contributed by atoms with Crippen molar-refractivity contribution in [3.05, 3.63) is 100 Å². The molecule has 28 heavy (non-hydrogen) atoms. The van der Waals surface area contributed by atoms with Crippen LogP contribution in [0, 0.1) is 6.92 Å². The summed E-state index contributed by atoms with van der Waals surface area (Å²) in [6.07, 6.45) is 0. The first kappa shape index (κ1) is 18.4. The minimum atomic E-state index is -0.120. The van der Waals surface area contributed by atoms with E-state index in [9.17, 15) is 4.79 Å². The summed E-state index contributed by atoms with van der Waals surface area (Å²) < 4.78 is 0.979. The van der Waals surface area contributed by atoms with Crippen molar-refractivity contribution in [2.75, 3.05) is 0 Å². The number of rotatable bonds is 4. The lowest BCUT2D eigenvalue weighted by Gasteiger charge is -2.16. The summed E-state index contributed by atoms with van der Waals surface area (Å²) in [5.74, 6) is -0.120. The van der Waals surface area contributed by atoms with E-state index in [1.54, 1.807) is 0 Å². The fraction of sp³-hybridized carbons (Fsp3) is 0.0833. The number of para-hydroxylation sites is 1. The van der Waals surface area contributed by atoms with E-state index >= 15 is 0 Å². The quantitative estimate of drug-likeness (QED) is 0.437. The van der Waals surface area contributed by atoms with Crippen LogP contribution in [0.15, 0.2) is 83.3 Å². The number of hydrogen-bond donors (Lipinski definition) is 1. The number of benzene rings is 3. The van der Waals surface area contributed by atoms with Crippen LogP contribution < -0.4 is 5.32 Å². The maximum atomic E-state index is 13.2. The van der Waals surface area contributed by atoms with E-state index in [0.29, 0.717) is 12.1 Å². The fourth-order valence-corrected chi connectivity index (χ4v) is 3.85. The fourth-order valence-electron chi connectivity index (χ4n) is 3.42. The average molecular weight is 431 g/mol. The highest BCUT2D eigenvalue weighted by molar-refractivity contribution is 9.10. The molecule has 1 heterocycles. The van der Waals surface area contributed by atoms with Crippen LogP contribution in [0.2, 0.25) is 0 Å². The standard InChI is InChI=1S/C24H19BrN2O/c1-16-22(24(28)26-15-18-11-5-7-13-20(18)25)23(17-9-3-2-4-10-17)19-12-6-8-14-21(19)27-16/h2-14H,15H2,1H3,(H,26,28). The largest absolute Gasteiger partial charge is 0.348 e. The third kappa shape index (κ3) is 3.56. The Morgan fingerprint density at radius 3 is 2.39 bits per heavy atom. The second-order valence-electron chi connectivity index (χ2n) is 6.60. The molecule has 0 saturated heterocycles. The van der Waals surface area contributed by atoms with Gasteiger partial charge in [0.15, 0.2) is 0 Å². The van der Waals surface area contributed by atoms with E-state index in [-0.39, 0.29) is 5.91 Å². The van der Waals surface area contributed by atoms with Crippen molar-refractivity contribution >= 4 is 32.7 Å². The second kappa shape index (κ2) is 7.95. The van der Waals surface area contributed by atoms with Crippen molar-refractivity contribution < 1.29 is 4.79 Å². The van der Waals surface area contributed by atoms with Gasteiger partial charge in [-0.15, -0.1) is 0 Å². The second-order valence-corrected chi connectivity index (χ2v) is 7.46. The molecule has 0 aliphatic carbocycles. The maximum absolute atomic E-state index is 13.2. The first-order valence-electron chi connectivity index (χ1n) is 9.11. The Balaban J connectivity index is 1.81. The van der Waals surface area contributed by atoms with Gasteiger partial charge in [0.05, 0.1) is 16.8 Å². The van der Waals surface area contributed by atoms with Gasteiger partial charge in [0.25, 0.3) is 5.91 Å². The number of carbonyl (C=O) groups is 1. The van der Waals surface area contributed by atoms with Gasteiger partial charge in [0.2, 0.25) is 0 Å². The van der Waals surface area contributed by atoms with Crippen LogP contribution in [0.5, 0.6) is 0 Å². The Morgan fingerprint density at radius 2 is 1.61 bits per heavy atom. The normalized spacial score (nSPS) is 10.8. The van der Waals surface area contributed by atoms with E-state index in [4.69, 9.17) is 0 Å². The Kier molecular flexibility index (Phi) is 5.22. The highest BCUT2D eigenvalue weighted by atomic mass is 79.9. The van der Waals surface area contributed by atoms with E-state index in [1.807, 2.05) is 85.8 Å². The molecule has 0 aliphatic rings. The predicted octanol–water partition coefficient (Wildman–Crippen LogP) is 5.90. The molecule has 0 saturated carbocycles. The molecule has 4 aromatic rings. The molecule has 1 amide bonds. The minimum Gasteiger partial charge on any atom is -0.348 e. The summed E-state index contributed by atoms with van der Waals surface area (Å²) in [4.78, 5) is 17.9. The van der Waals surface area contributed by atoms with Crippen molar-refractivity contribution in [1.82, 2.24) is 10.3 Å². The third-order valence-corrected chi connectivity index (χ3v) is 5.53. The summed E-state index contributed by atoms with van der Waals surface area (Å²) in [5.41, 5.74) is 5.20. The van der Waals surface area contributed by atoms with Gasteiger partial charge >= 0.3 is 0 Å². The molecule has 0 spiro atoms. The highest BCUT2D eigenvalue weighted by Crippen LogP contribution is 2.33. The molecule has 4 heteroatoms. The minimum absolute atomic E-state index is 0.120. The van der Waals surface area contributed by atoms with Crippen LogP contribution in [-0.2, 0) is 6.54 Å². The molecule has 0 aliphatic heterocycles. The summed E-state index contributed by atoms with van der Waals surface area (Å²) in [6, 6.07) is 25.9. The SMILES string of the molecule is Cc1nc2ccccc2c(-c2ccccc2)c1C(=O)NCc1ccccc1Br. The highest BCUT2D eigenvalue weighted by Gasteiger charge is 2.20. The van der Waals surface area contributed by atoms with Crippen molar-refractivity contribution in [3.8, 4) is 11.1 Å². The van der Waals surface area contributed by atoms with Crippen molar-refractivity contribution in [3.63, 3.8) is 0 Å². The van der Waals surface area contributed by atoms with Crippen LogP contribution >= 0.6 is 15.9 Å². The lowest BCUT2D eigenvalue weighted by molar-refractivity contribution is 0.0950. The van der Waals surface area contributed by atoms with Crippen LogP contribution in [-0.4, -0.2) is 10.9 Å². The number of fused-ring (bicyclic) bond motifs is 1. The average Bonchev–Trinajstić information content (AvgIpc) is 2.72. The van der Waals surface area contributed by atoms with Gasteiger partial charge in [-0.25, -0.2) is 0 Å². The van der Waals surface area contributed by atoms with Crippen LogP contribution in [0.25, 0.3) is 22.0 Å². The lowest BCUT2D eigenvalue weighted by Crippen LogP contribution is -2.25. The molecule has 138 valence electrons. The predicted molar refractivity (Wildman–Crippen MR) is 117 cm³/mol. The number of halogens is 1. The lowest BCUT2D eigenvalue weighted by atomic mass is 9.94. The number of aromatic nitrogens is 1. The van der Waals surface area contributed by atoms with Crippen LogP contribution in [0.1, 0.15) is 21.6 Å². The molecule has 4 rings (SSSR count). The smallest absolute Gasteiger partial charge is 0.254 e. The van der Waals surface area contributed by atoms with Gasteiger partial charge in [-0.2, -0.15) is 0 Å². The monoisotopic (exact) mass is 430 g/mol. The molecular weight excluding hydrogens is 412 g/mol. The molecule has 0 unspecified atom stereocenters. The summed E-state index contributed by atoms with van der Waals surface area (Å²) in [5, 5.41) is 4.04. The zero-order chi connectivity index (χ0) is 19.5. The molecule has 3 nitrogen and oxygen atoms in total. The third-order valence-electron chi connectivity index (χ3n) is 4.76. The Labute approximate surface area is 172 Å². The molecule has 1 N–H and O–H groups in total. The number of carbonyl (C=O) groups excluding carboxylic acids is 1. The summed E-state index contributed by atoms with van der Waals surface area (Å²) >= 11 is 3.54. The molecule has 0 fully saturated rings. The summed E-state index contributed by atoms with van der Waals surface area (Å²) in [6.45, 7) is 2.34. The molecule has 0 radical (unpaired) electrons. The number of hydrogen-bond acceptors (Lipinski definition) is 2. The zero-order valence-electron chi connectivity index (χ0n) is 15.4. The topological polar surface area (TPSA) is 42.0 Å². The van der Waals surface area contributed by atoms with Crippen LogP contribution in [0.4, 0.5) is 0 Å². The maximum Gasteiger partial charge on any atom is 0.254 e. The molecule has 1 aromatic heterocycles. The van der Waals surface area contributed by atoms with Crippen molar-refractivity contribution in [2.45, 2.75) is 13.5 Å². The van der Waals surface area contributed by atoms with Crippen LogP contribution in [0.3, 0.4) is 0 Å². The van der Waals surface area contributed by atoms with E-state index < -0.39 is 0 Å². The number of pyridine rings is 1. The number of nitrogens with zero attached hydrogens (tertiary/aromatic N) is 1. The molecule has 0 bridgehead atoms. The number of amides is 1. The van der Waals surface area contributed by atoms with Gasteiger partial charge in [-0.05, 0) is 30.2 Å².